The van der Waals surface area contributed by atoms with Gasteiger partial charge in [0.05, 0.1) is 12.3 Å². The van der Waals surface area contributed by atoms with E-state index in [1.165, 1.54) is 30.3 Å². The van der Waals surface area contributed by atoms with Crippen LogP contribution in [-0.2, 0) is 10.0 Å². The molecule has 1 saturated carbocycles. The molecule has 1 N–H and O–H groups in total. The van der Waals surface area contributed by atoms with Crippen molar-refractivity contribution in [1.29, 1.82) is 0 Å². The molecule has 1 aliphatic carbocycles. The third-order valence-electron chi connectivity index (χ3n) is 5.97. The second-order valence-corrected chi connectivity index (χ2v) is 11.5. The standard InChI is InChI=1S/C27H30FN3O5S.2H2/c1-17(2)16-35-21-14-19(13-20(28)15-21)23-10-9-22(26(30-23)36-27(4)11-6-12-27)25(32)31-37(33,34)24-8-5-7-18(3)29-24;;/h5,7-10,13-15,17H,6,11-12,16H2,1-4H3,(H,31,32);2*1H. The molecule has 0 aliphatic heterocycles. The number of halogens is 1. The molecule has 2 heterocycles. The number of sulfonamides is 1. The van der Waals surface area contributed by atoms with E-state index in [9.17, 15) is 17.6 Å². The number of nitrogens with one attached hydrogen (secondary N) is 1. The zero-order chi connectivity index (χ0) is 26.8. The lowest BCUT2D eigenvalue weighted by molar-refractivity contribution is 0.00664. The van der Waals surface area contributed by atoms with Crippen molar-refractivity contribution >= 4 is 15.9 Å². The summed E-state index contributed by atoms with van der Waals surface area (Å²) in [5.41, 5.74) is 0.693. The Morgan fingerprint density at radius 2 is 1.92 bits per heavy atom. The number of pyridine rings is 2. The Kier molecular flexibility index (Phi) is 7.49. The van der Waals surface area contributed by atoms with Crippen molar-refractivity contribution in [1.82, 2.24) is 14.7 Å². The van der Waals surface area contributed by atoms with Gasteiger partial charge >= 0.3 is 0 Å². The maximum absolute atomic E-state index is 14.4. The largest absolute Gasteiger partial charge is 0.493 e. The average Bonchev–Trinajstić information content (AvgIpc) is 2.81. The number of nitrogens with zero attached hydrogens (tertiary/aromatic N) is 2. The lowest BCUT2D eigenvalue weighted by Gasteiger charge is -2.38. The Balaban J connectivity index is 0.00000267. The summed E-state index contributed by atoms with van der Waals surface area (Å²) in [6.07, 6.45) is 2.49. The van der Waals surface area contributed by atoms with Gasteiger partial charge in [-0.05, 0) is 75.4 Å². The molecule has 10 heteroatoms. The summed E-state index contributed by atoms with van der Waals surface area (Å²) in [6, 6.07) is 11.7. The van der Waals surface area contributed by atoms with Gasteiger partial charge in [-0.3, -0.25) is 4.79 Å². The number of benzene rings is 1. The first-order valence-corrected chi connectivity index (χ1v) is 13.6. The van der Waals surface area contributed by atoms with E-state index in [4.69, 9.17) is 9.47 Å². The monoisotopic (exact) mass is 531 g/mol. The van der Waals surface area contributed by atoms with Crippen LogP contribution in [0.1, 0.15) is 58.9 Å². The number of rotatable bonds is 9. The summed E-state index contributed by atoms with van der Waals surface area (Å²) in [7, 11) is -4.23. The van der Waals surface area contributed by atoms with Gasteiger partial charge in [0.25, 0.3) is 15.9 Å². The third-order valence-corrected chi connectivity index (χ3v) is 7.21. The molecule has 8 nitrogen and oxygen atoms in total. The van der Waals surface area contributed by atoms with Crippen molar-refractivity contribution in [3.63, 3.8) is 0 Å². The molecule has 3 aromatic rings. The predicted molar refractivity (Wildman–Crippen MR) is 141 cm³/mol. The molecule has 0 saturated heterocycles. The van der Waals surface area contributed by atoms with E-state index in [1.54, 1.807) is 25.1 Å². The second-order valence-electron chi connectivity index (χ2n) is 9.89. The topological polar surface area (TPSA) is 107 Å². The molecule has 1 fully saturated rings. The molecule has 0 bridgehead atoms. The van der Waals surface area contributed by atoms with E-state index < -0.39 is 27.3 Å². The highest BCUT2D eigenvalue weighted by atomic mass is 32.2. The zero-order valence-corrected chi connectivity index (χ0v) is 22.1. The summed E-state index contributed by atoms with van der Waals surface area (Å²) < 4.78 is 53.8. The number of hydrogen-bond acceptors (Lipinski definition) is 7. The van der Waals surface area contributed by atoms with Gasteiger partial charge in [-0.2, -0.15) is 8.42 Å². The summed E-state index contributed by atoms with van der Waals surface area (Å²) in [4.78, 5) is 21.6. The van der Waals surface area contributed by atoms with Crippen LogP contribution in [0.2, 0.25) is 0 Å². The van der Waals surface area contributed by atoms with Crippen molar-refractivity contribution < 1.29 is 29.9 Å². The van der Waals surface area contributed by atoms with Crippen molar-refractivity contribution in [2.75, 3.05) is 6.61 Å². The molecule has 0 radical (unpaired) electrons. The second kappa shape index (κ2) is 10.5. The van der Waals surface area contributed by atoms with Crippen molar-refractivity contribution in [3.8, 4) is 22.9 Å². The van der Waals surface area contributed by atoms with E-state index in [-0.39, 0.29) is 25.2 Å². The fourth-order valence-corrected chi connectivity index (χ4v) is 4.80. The normalized spacial score (nSPS) is 14.6. The maximum Gasteiger partial charge on any atom is 0.281 e. The van der Waals surface area contributed by atoms with Crippen LogP contribution in [0, 0.1) is 18.7 Å². The van der Waals surface area contributed by atoms with Crippen molar-refractivity contribution in [2.45, 2.75) is 57.6 Å². The fourth-order valence-electron chi connectivity index (χ4n) is 3.82. The highest BCUT2D eigenvalue weighted by Gasteiger charge is 2.36. The number of carbonyl (C=O) groups is 1. The quantitative estimate of drug-likeness (QED) is 0.385. The SMILES string of the molecule is Cc1cccc(S(=O)(=O)NC(=O)c2ccc(-c3cc(F)cc(OCC(C)C)c3)nc2OC2(C)CCC2)n1.[HH].[HH]. The minimum absolute atomic E-state index is 0. The first-order chi connectivity index (χ1) is 17.4. The summed E-state index contributed by atoms with van der Waals surface area (Å²) in [5.74, 6) is -0.807. The maximum atomic E-state index is 14.4. The zero-order valence-electron chi connectivity index (χ0n) is 21.2. The molecule has 4 rings (SSSR count). The first-order valence-electron chi connectivity index (χ1n) is 12.1. The van der Waals surface area contributed by atoms with Gasteiger partial charge in [-0.1, -0.05) is 19.9 Å². The molecular formula is C27H34FN3O5S. The number of hydrogen-bond donors (Lipinski definition) is 1. The summed E-state index contributed by atoms with van der Waals surface area (Å²) in [6.45, 7) is 7.96. The first kappa shape index (κ1) is 26.5. The van der Waals surface area contributed by atoms with E-state index in [0.29, 0.717) is 29.3 Å². The van der Waals surface area contributed by atoms with Gasteiger partial charge in [0.2, 0.25) is 5.88 Å². The molecule has 2 aromatic heterocycles. The molecule has 200 valence electrons. The Morgan fingerprint density at radius 3 is 2.57 bits per heavy atom. The minimum atomic E-state index is -4.23. The Morgan fingerprint density at radius 1 is 1.16 bits per heavy atom. The van der Waals surface area contributed by atoms with Crippen molar-refractivity contribution in [2.24, 2.45) is 5.92 Å². The van der Waals surface area contributed by atoms with Crippen LogP contribution in [-0.4, -0.2) is 36.5 Å². The summed E-state index contributed by atoms with van der Waals surface area (Å²) in [5, 5.41) is -0.271. The van der Waals surface area contributed by atoms with E-state index >= 15 is 0 Å². The number of ether oxygens (including phenoxy) is 2. The van der Waals surface area contributed by atoms with Gasteiger partial charge in [0.1, 0.15) is 22.7 Å². The van der Waals surface area contributed by atoms with Crippen molar-refractivity contribution in [3.05, 3.63) is 65.6 Å². The molecular weight excluding hydrogens is 497 g/mol. The van der Waals surface area contributed by atoms with Crippen LogP contribution in [0.15, 0.2) is 53.6 Å². The third kappa shape index (κ3) is 6.43. The van der Waals surface area contributed by atoms with Crippen LogP contribution in [0.5, 0.6) is 11.6 Å². The number of aromatic nitrogens is 2. The molecule has 1 amide bonds. The molecule has 1 aromatic carbocycles. The molecule has 37 heavy (non-hydrogen) atoms. The highest BCUT2D eigenvalue weighted by Crippen LogP contribution is 2.37. The highest BCUT2D eigenvalue weighted by molar-refractivity contribution is 7.90. The Hall–Kier alpha value is -3.53. The van der Waals surface area contributed by atoms with Crippen LogP contribution in [0.3, 0.4) is 0 Å². The van der Waals surface area contributed by atoms with Gasteiger partial charge in [0, 0.05) is 20.2 Å². The van der Waals surface area contributed by atoms with Gasteiger partial charge in [0.15, 0.2) is 5.03 Å². The molecule has 0 unspecified atom stereocenters. The molecule has 1 aliphatic rings. The Bertz CT molecular complexity index is 1430. The smallest absolute Gasteiger partial charge is 0.281 e. The number of amides is 1. The van der Waals surface area contributed by atoms with E-state index in [1.807, 2.05) is 20.8 Å². The lowest BCUT2D eigenvalue weighted by Crippen LogP contribution is -2.41. The minimum Gasteiger partial charge on any atom is -0.493 e. The van der Waals surface area contributed by atoms with Crippen LogP contribution in [0.4, 0.5) is 4.39 Å². The van der Waals surface area contributed by atoms with Gasteiger partial charge < -0.3 is 9.47 Å². The van der Waals surface area contributed by atoms with Gasteiger partial charge in [-0.15, -0.1) is 0 Å². The predicted octanol–water partition coefficient (Wildman–Crippen LogP) is 5.56. The van der Waals surface area contributed by atoms with Crippen LogP contribution < -0.4 is 14.2 Å². The number of carbonyl (C=O) groups excluding carboxylic acids is 1. The number of aryl methyl sites for hydroxylation is 1. The summed E-state index contributed by atoms with van der Waals surface area (Å²) >= 11 is 0. The molecule has 0 atom stereocenters. The Labute approximate surface area is 219 Å². The van der Waals surface area contributed by atoms with Crippen LogP contribution >= 0.6 is 0 Å². The van der Waals surface area contributed by atoms with E-state index in [2.05, 4.69) is 14.7 Å². The van der Waals surface area contributed by atoms with E-state index in [0.717, 1.165) is 19.3 Å². The average molecular weight is 532 g/mol. The van der Waals surface area contributed by atoms with Gasteiger partial charge in [-0.25, -0.2) is 19.1 Å². The van der Waals surface area contributed by atoms with Crippen LogP contribution in [0.25, 0.3) is 11.3 Å². The lowest BCUT2D eigenvalue weighted by atomic mass is 9.82. The fraction of sp³-hybridized carbons (Fsp3) is 0.370. The molecule has 0 spiro atoms.